The van der Waals surface area contributed by atoms with E-state index in [9.17, 15) is 4.79 Å². The Hall–Kier alpha value is -0.530. The lowest BCUT2D eigenvalue weighted by Crippen LogP contribution is -2.20. The van der Waals surface area contributed by atoms with Crippen molar-refractivity contribution in [3.63, 3.8) is 0 Å². The van der Waals surface area contributed by atoms with Crippen LogP contribution >= 0.6 is 0 Å². The molecule has 0 aromatic heterocycles. The van der Waals surface area contributed by atoms with Crippen LogP contribution in [0, 0.1) is 17.8 Å². The summed E-state index contributed by atoms with van der Waals surface area (Å²) >= 11 is 0. The van der Waals surface area contributed by atoms with Gasteiger partial charge in [0.2, 0.25) is 6.41 Å². The van der Waals surface area contributed by atoms with E-state index in [1.807, 2.05) is 0 Å². The predicted molar refractivity (Wildman–Crippen MR) is 67.8 cm³/mol. The lowest BCUT2D eigenvalue weighted by Gasteiger charge is -2.11. The van der Waals surface area contributed by atoms with Gasteiger partial charge in [0.25, 0.3) is 0 Å². The fraction of sp³-hybridized carbons (Fsp3) is 0.923. The minimum Gasteiger partial charge on any atom is -0.348 e. The molecule has 0 saturated carbocycles. The van der Waals surface area contributed by atoms with Crippen molar-refractivity contribution in [1.29, 1.82) is 0 Å². The molecule has 0 N–H and O–H groups in total. The van der Waals surface area contributed by atoms with E-state index in [0.717, 1.165) is 24.8 Å². The molecule has 2 heteroatoms. The molecule has 0 bridgehead atoms. The summed E-state index contributed by atoms with van der Waals surface area (Å²) in [6, 6.07) is 0. The fourth-order valence-corrected chi connectivity index (χ4v) is 1.09. The first-order chi connectivity index (χ1) is 6.84. The summed E-state index contributed by atoms with van der Waals surface area (Å²) in [6.45, 7) is 14.1. The van der Waals surface area contributed by atoms with Crippen molar-refractivity contribution in [3.8, 4) is 0 Å². The lowest BCUT2D eigenvalue weighted by atomic mass is 9.96. The quantitative estimate of drug-likeness (QED) is 0.644. The molecule has 2 nitrogen and oxygen atoms in total. The Bertz CT molecular complexity index is 143. The Morgan fingerprint density at radius 2 is 1.60 bits per heavy atom. The van der Waals surface area contributed by atoms with Crippen LogP contribution in [0.3, 0.4) is 0 Å². The highest BCUT2D eigenvalue weighted by molar-refractivity contribution is 5.46. The molecule has 0 aromatic carbocycles. The van der Waals surface area contributed by atoms with E-state index in [0.29, 0.717) is 5.92 Å². The molecule has 1 atom stereocenters. The second kappa shape index (κ2) is 10.0. The average Bonchev–Trinajstić information content (AvgIpc) is 2.16. The molecule has 1 amide bonds. The number of hydrogen-bond donors (Lipinski definition) is 0. The van der Waals surface area contributed by atoms with Crippen molar-refractivity contribution in [2.45, 2.75) is 48.0 Å². The van der Waals surface area contributed by atoms with Crippen molar-refractivity contribution in [2.75, 3.05) is 13.6 Å². The second-order valence-electron chi connectivity index (χ2n) is 5.07. The Morgan fingerprint density at radius 3 is 1.67 bits per heavy atom. The molecule has 0 aliphatic heterocycles. The monoisotopic (exact) mass is 215 g/mol. The maximum Gasteiger partial charge on any atom is 0.209 e. The molecule has 0 fully saturated rings. The van der Waals surface area contributed by atoms with Gasteiger partial charge in [-0.25, -0.2) is 0 Å². The molecule has 0 aliphatic carbocycles. The molecule has 0 saturated heterocycles. The van der Waals surface area contributed by atoms with Gasteiger partial charge < -0.3 is 4.90 Å². The van der Waals surface area contributed by atoms with Crippen molar-refractivity contribution in [3.05, 3.63) is 0 Å². The molecule has 0 aliphatic rings. The van der Waals surface area contributed by atoms with Crippen LogP contribution in [0.25, 0.3) is 0 Å². The summed E-state index contributed by atoms with van der Waals surface area (Å²) in [5, 5.41) is 0. The Morgan fingerprint density at radius 1 is 1.13 bits per heavy atom. The van der Waals surface area contributed by atoms with E-state index < -0.39 is 0 Å². The van der Waals surface area contributed by atoms with Gasteiger partial charge >= 0.3 is 0 Å². The normalized spacial score (nSPS) is 12.1. The zero-order valence-electron chi connectivity index (χ0n) is 11.6. The van der Waals surface area contributed by atoms with Gasteiger partial charge in [-0.15, -0.1) is 0 Å². The molecule has 1 unspecified atom stereocenters. The largest absolute Gasteiger partial charge is 0.348 e. The van der Waals surface area contributed by atoms with Gasteiger partial charge in [0.15, 0.2) is 0 Å². The van der Waals surface area contributed by atoms with Gasteiger partial charge in [0.1, 0.15) is 0 Å². The fourth-order valence-electron chi connectivity index (χ4n) is 1.09. The standard InChI is InChI=1S/C7H16.C6H13NO/c1-5-7(4)6(2)3;1-6(2)4-7(3)5-8/h6-7H,5H2,1-4H3;5-6H,4H2,1-3H3. The van der Waals surface area contributed by atoms with Crippen LogP contribution in [-0.4, -0.2) is 24.9 Å². The molecule has 0 radical (unpaired) electrons. The SMILES string of the molecule is CC(C)CN(C)C=O.CCC(C)C(C)C. The van der Waals surface area contributed by atoms with E-state index in [4.69, 9.17) is 0 Å². The first-order valence-electron chi connectivity index (χ1n) is 6.00. The third-order valence-corrected chi connectivity index (χ3v) is 2.62. The van der Waals surface area contributed by atoms with E-state index >= 15 is 0 Å². The summed E-state index contributed by atoms with van der Waals surface area (Å²) in [5.74, 6) is 2.34. The molecule has 0 spiro atoms. The van der Waals surface area contributed by atoms with Crippen LogP contribution in [0.15, 0.2) is 0 Å². The predicted octanol–water partition coefficient (Wildman–Crippen LogP) is 3.42. The third-order valence-electron chi connectivity index (χ3n) is 2.62. The van der Waals surface area contributed by atoms with Crippen molar-refractivity contribution in [1.82, 2.24) is 4.90 Å². The number of carbonyl (C=O) groups is 1. The first kappa shape index (κ1) is 16.9. The topological polar surface area (TPSA) is 20.3 Å². The maximum atomic E-state index is 9.97. The molecule has 92 valence electrons. The highest BCUT2D eigenvalue weighted by atomic mass is 16.1. The lowest BCUT2D eigenvalue weighted by molar-refractivity contribution is -0.117. The molecule has 0 heterocycles. The molecular weight excluding hydrogens is 186 g/mol. The van der Waals surface area contributed by atoms with Crippen LogP contribution in [-0.2, 0) is 4.79 Å². The Balaban J connectivity index is 0. The van der Waals surface area contributed by atoms with Gasteiger partial charge in [0, 0.05) is 13.6 Å². The zero-order valence-corrected chi connectivity index (χ0v) is 11.6. The van der Waals surface area contributed by atoms with Crippen molar-refractivity contribution >= 4 is 6.41 Å². The Kier molecular flexibility index (Phi) is 11.3. The van der Waals surface area contributed by atoms with Crippen LogP contribution in [0.4, 0.5) is 0 Å². The van der Waals surface area contributed by atoms with E-state index in [1.165, 1.54) is 6.42 Å². The van der Waals surface area contributed by atoms with Gasteiger partial charge in [-0.05, 0) is 17.8 Å². The molecular formula is C13H29NO. The minimum absolute atomic E-state index is 0.574. The second-order valence-corrected chi connectivity index (χ2v) is 5.07. The average molecular weight is 215 g/mol. The summed E-state index contributed by atoms with van der Waals surface area (Å²) in [4.78, 5) is 11.6. The molecule has 15 heavy (non-hydrogen) atoms. The third kappa shape index (κ3) is 13.5. The summed E-state index contributed by atoms with van der Waals surface area (Å²) in [6.07, 6.45) is 2.16. The van der Waals surface area contributed by atoms with Crippen LogP contribution in [0.5, 0.6) is 0 Å². The smallest absolute Gasteiger partial charge is 0.209 e. The van der Waals surface area contributed by atoms with Gasteiger partial charge in [-0.1, -0.05) is 48.0 Å². The summed E-state index contributed by atoms with van der Waals surface area (Å²) in [7, 11) is 1.78. The van der Waals surface area contributed by atoms with Gasteiger partial charge in [0.05, 0.1) is 0 Å². The van der Waals surface area contributed by atoms with E-state index in [1.54, 1.807) is 11.9 Å². The first-order valence-corrected chi connectivity index (χ1v) is 6.00. The zero-order chi connectivity index (χ0) is 12.4. The van der Waals surface area contributed by atoms with E-state index in [2.05, 4.69) is 41.5 Å². The number of amides is 1. The summed E-state index contributed by atoms with van der Waals surface area (Å²) in [5.41, 5.74) is 0. The van der Waals surface area contributed by atoms with Crippen LogP contribution < -0.4 is 0 Å². The number of nitrogens with zero attached hydrogens (tertiary/aromatic N) is 1. The number of hydrogen-bond acceptors (Lipinski definition) is 1. The van der Waals surface area contributed by atoms with Crippen LogP contribution in [0.2, 0.25) is 0 Å². The van der Waals surface area contributed by atoms with E-state index in [-0.39, 0.29) is 0 Å². The molecule has 0 rings (SSSR count). The highest BCUT2D eigenvalue weighted by Crippen LogP contribution is 2.11. The minimum atomic E-state index is 0.574. The maximum absolute atomic E-state index is 9.97. The van der Waals surface area contributed by atoms with Crippen LogP contribution in [0.1, 0.15) is 48.0 Å². The molecule has 0 aromatic rings. The Labute approximate surface area is 96.0 Å². The van der Waals surface area contributed by atoms with Crippen molar-refractivity contribution < 1.29 is 4.79 Å². The summed E-state index contributed by atoms with van der Waals surface area (Å²) < 4.78 is 0. The highest BCUT2D eigenvalue weighted by Gasteiger charge is 2.01. The van der Waals surface area contributed by atoms with Gasteiger partial charge in [-0.3, -0.25) is 4.79 Å². The number of carbonyl (C=O) groups excluding carboxylic acids is 1. The van der Waals surface area contributed by atoms with Crippen molar-refractivity contribution in [2.24, 2.45) is 17.8 Å². The number of rotatable bonds is 5. The van der Waals surface area contributed by atoms with Gasteiger partial charge in [-0.2, -0.15) is 0 Å².